The van der Waals surface area contributed by atoms with Crippen molar-refractivity contribution in [2.45, 2.75) is 16.1 Å². The van der Waals surface area contributed by atoms with Crippen LogP contribution in [0.3, 0.4) is 0 Å². The number of nitrogens with zero attached hydrogens (tertiary/aromatic N) is 2. The molecule has 1 rings (SSSR count). The minimum atomic E-state index is -0.505. The largest absolute Gasteiger partial charge is 0.637 e. The van der Waals surface area contributed by atoms with Crippen LogP contribution >= 0.6 is 34.9 Å². The summed E-state index contributed by atoms with van der Waals surface area (Å²) in [6, 6.07) is 0. The second kappa shape index (κ2) is 22.0. The van der Waals surface area contributed by atoms with Crippen LogP contribution in [0.5, 0.6) is 0 Å². The van der Waals surface area contributed by atoms with Gasteiger partial charge in [0.15, 0.2) is 0 Å². The van der Waals surface area contributed by atoms with Crippen LogP contribution in [-0.4, -0.2) is 22.1 Å². The fourth-order valence-corrected chi connectivity index (χ4v) is 2.04. The summed E-state index contributed by atoms with van der Waals surface area (Å²) in [5, 5.41) is 7.63. The first-order valence-corrected chi connectivity index (χ1v) is 7.62. The van der Waals surface area contributed by atoms with E-state index in [4.69, 9.17) is 0 Å². The molecule has 1 aromatic heterocycles. The molecule has 0 spiro atoms. The van der Waals surface area contributed by atoms with Crippen LogP contribution in [0, 0.1) is 26.7 Å². The molecule has 0 saturated heterocycles. The first-order chi connectivity index (χ1) is 9.98. The van der Waals surface area contributed by atoms with E-state index in [2.05, 4.69) is 59.6 Å². The van der Waals surface area contributed by atoms with E-state index in [1.807, 2.05) is 0 Å². The van der Waals surface area contributed by atoms with Gasteiger partial charge < -0.3 is 9.47 Å². The number of hydrogen-bond acceptors (Lipinski definition) is 9. The quantitative estimate of drug-likeness (QED) is 0.195. The van der Waals surface area contributed by atoms with Crippen LogP contribution in [0.15, 0.2) is 34.0 Å². The number of carbonyl (C=O) groups excluding carboxylic acids is 2. The Morgan fingerprint density at radius 1 is 0.958 bits per heavy atom. The molecule has 0 saturated carbocycles. The smallest absolute Gasteiger partial charge is 0.298 e. The Kier molecular flexibility index (Phi) is 29.8. The maximum atomic E-state index is 9.78. The first kappa shape index (κ1) is 32.6. The minimum Gasteiger partial charge on any atom is -0.637 e. The number of hydrogen-bond donors (Lipinski definition) is 0. The Hall–Kier alpha value is -3.32. The Morgan fingerprint density at radius 2 is 1.25 bits per heavy atom. The van der Waals surface area contributed by atoms with Gasteiger partial charge in [-0.1, -0.05) is 31.9 Å². The van der Waals surface area contributed by atoms with E-state index in [1.165, 1.54) is 34.9 Å². The molecule has 0 atom stereocenters. The molecule has 0 aliphatic heterocycles. The maximum absolute atomic E-state index is 9.78. The number of thioether (sulfide) groups is 2. The maximum Gasteiger partial charge on any atom is 0.298 e. The molecule has 0 unspecified atom stereocenters. The summed E-state index contributed by atoms with van der Waals surface area (Å²) in [5.74, 6) is -1.01. The van der Waals surface area contributed by atoms with Crippen LogP contribution in [0.2, 0.25) is 0 Å². The third-order valence-electron chi connectivity index (χ3n) is 1.25. The van der Waals surface area contributed by atoms with E-state index in [0.29, 0.717) is 0 Å². The standard InChI is InChI=1S/C4H4N2S3.2C4H5O2.CH4.2Rf/c1-7-3-5-6-4(8-2)9-3;2*1-3-4(5)6-2;;;/h1-2H2;2*3H,1-2H2;1H4;;/q-2;2*-1;;;. The molecule has 1 heterocycles. The van der Waals surface area contributed by atoms with E-state index < -0.39 is 11.9 Å². The van der Waals surface area contributed by atoms with Crippen molar-refractivity contribution in [3.05, 3.63) is 52.0 Å². The van der Waals surface area contributed by atoms with Crippen LogP contribution in [-0.2, 0) is 19.1 Å². The Morgan fingerprint density at radius 3 is 1.33 bits per heavy atom. The SMILES string of the molecule is C.C=CC(=O)O[CH2-].C=CC(=O)O[CH2-].[CH2-]Sc1nnc(S[CH2-])s1.[Rf].[Rf]. The molecule has 6 nitrogen and oxygen atoms in total. The van der Waals surface area contributed by atoms with Crippen molar-refractivity contribution in [1.82, 2.24) is 10.2 Å². The Labute approximate surface area is 144 Å². The number of esters is 2. The van der Waals surface area contributed by atoms with Gasteiger partial charge in [-0.15, -0.1) is 10.2 Å². The van der Waals surface area contributed by atoms with Gasteiger partial charge in [-0.25, -0.2) is 9.59 Å². The van der Waals surface area contributed by atoms with Gasteiger partial charge in [0.05, 0.1) is 0 Å². The molecule has 0 aliphatic carbocycles. The molecule has 0 fully saturated rings. The van der Waals surface area contributed by atoms with Gasteiger partial charge >= 0.3 is 0 Å². The van der Waals surface area contributed by atoms with Crippen LogP contribution in [0.25, 0.3) is 0 Å². The van der Waals surface area contributed by atoms with E-state index in [1.54, 1.807) is 0 Å². The monoisotopic (exact) mass is 896 g/mol. The van der Waals surface area contributed by atoms with Gasteiger partial charge in [-0.3, -0.25) is 36.0 Å². The minimum absolute atomic E-state index is 0. The fourth-order valence-electron chi connectivity index (χ4n) is 0.432. The molecule has 0 radical (unpaired) electrons. The fraction of sp³-hybridized carbons (Fsp3) is 0.0769. The Balaban J connectivity index is -0.0000000732. The number of aromatic nitrogens is 2. The van der Waals surface area contributed by atoms with Crippen molar-refractivity contribution in [2.24, 2.45) is 0 Å². The zero-order chi connectivity index (χ0) is 16.7. The number of carbonyl (C=O) groups is 2. The van der Waals surface area contributed by atoms with Gasteiger partial charge in [0.2, 0.25) is 0 Å². The van der Waals surface area contributed by atoms with Crippen molar-refractivity contribution < 1.29 is 19.1 Å². The van der Waals surface area contributed by atoms with Crippen LogP contribution in [0.1, 0.15) is 7.43 Å². The summed E-state index contributed by atoms with van der Waals surface area (Å²) in [4.78, 5) is 19.6. The van der Waals surface area contributed by atoms with Crippen molar-refractivity contribution >= 4 is 46.8 Å². The van der Waals surface area contributed by atoms with Crippen molar-refractivity contribution in [3.63, 3.8) is 0 Å². The van der Waals surface area contributed by atoms with Gasteiger partial charge in [0.1, 0.15) is 8.68 Å². The average Bonchev–Trinajstić information content (AvgIpc) is 3.02. The summed E-state index contributed by atoms with van der Waals surface area (Å²) in [6.07, 6.45) is 9.29. The predicted molar refractivity (Wildman–Crippen MR) is 92.4 cm³/mol. The molecular weight excluding hydrogens is 878 g/mol. The molecule has 24 heavy (non-hydrogen) atoms. The van der Waals surface area contributed by atoms with Crippen molar-refractivity contribution in [3.8, 4) is 0 Å². The number of rotatable bonds is 4. The third-order valence-corrected chi connectivity index (χ3v) is 3.63. The van der Waals surface area contributed by atoms with Gasteiger partial charge in [0, 0.05) is 12.2 Å². The summed E-state index contributed by atoms with van der Waals surface area (Å²) < 4.78 is 9.56. The molecule has 0 bridgehead atoms. The van der Waals surface area contributed by atoms with Crippen LogP contribution in [0.4, 0.5) is 0 Å². The summed E-state index contributed by atoms with van der Waals surface area (Å²) in [6.45, 7) is 6.23. The zero-order valence-electron chi connectivity index (χ0n) is 12.6. The third kappa shape index (κ3) is 18.7. The second-order valence-electron chi connectivity index (χ2n) is 2.46. The molecule has 11 heteroatoms. The Bertz CT molecular complexity index is 422. The van der Waals surface area contributed by atoms with Crippen LogP contribution < -0.4 is 0 Å². The van der Waals surface area contributed by atoms with Gasteiger partial charge in [-0.2, -0.15) is 14.2 Å². The topological polar surface area (TPSA) is 78.4 Å². The molecule has 0 aliphatic rings. The zero-order valence-corrected chi connectivity index (χ0v) is 27.8. The number of ether oxygens (including phenoxy) is 2. The second-order valence-corrected chi connectivity index (χ2v) is 5.30. The first-order valence-electron chi connectivity index (χ1n) is 4.83. The summed E-state index contributed by atoms with van der Waals surface area (Å²) >= 11 is 4.23. The molecule has 0 amide bonds. The van der Waals surface area contributed by atoms with Crippen molar-refractivity contribution in [1.29, 1.82) is 0 Å². The summed E-state index contributed by atoms with van der Waals surface area (Å²) in [5.41, 5.74) is 0. The molecule has 0 aromatic carbocycles. The van der Waals surface area contributed by atoms with Crippen molar-refractivity contribution in [2.75, 3.05) is 0 Å². The van der Waals surface area contributed by atoms with E-state index in [-0.39, 0.29) is 7.43 Å². The predicted octanol–water partition coefficient (Wildman–Crippen LogP) is 3.96. The van der Waals surface area contributed by atoms with E-state index >= 15 is 0 Å². The molecule has 1 aromatic rings. The molecule has 130 valence electrons. The van der Waals surface area contributed by atoms with Gasteiger partial charge in [-0.05, 0) is 0 Å². The van der Waals surface area contributed by atoms with E-state index in [9.17, 15) is 9.59 Å². The average molecular weight is 896 g/mol. The summed E-state index contributed by atoms with van der Waals surface area (Å²) in [7, 11) is 5.67. The molecule has 0 N–H and O–H groups in total. The van der Waals surface area contributed by atoms with E-state index in [0.717, 1.165) is 20.8 Å². The molecular formula is C13H18N2O4Rf2S3-4. The van der Waals surface area contributed by atoms with Gasteiger partial charge in [0.25, 0.3) is 11.9 Å². The normalized spacial score (nSPS) is 7.17.